The highest BCUT2D eigenvalue weighted by molar-refractivity contribution is 7.13. The minimum atomic E-state index is -0.879. The third-order valence-electron chi connectivity index (χ3n) is 15.3. The Bertz CT molecular complexity index is 2750. The van der Waals surface area contributed by atoms with E-state index >= 15 is 0 Å². The van der Waals surface area contributed by atoms with Crippen LogP contribution in [0.4, 0.5) is 5.82 Å². The maximum Gasteiger partial charge on any atom is 0.246 e. The number of para-hydroxylation sites is 1. The van der Waals surface area contributed by atoms with Crippen molar-refractivity contribution in [3.05, 3.63) is 107 Å². The van der Waals surface area contributed by atoms with Crippen LogP contribution in [0.2, 0.25) is 0 Å². The first-order valence-corrected chi connectivity index (χ1v) is 27.2. The summed E-state index contributed by atoms with van der Waals surface area (Å²) in [5.74, 6) is -0.205. The molecule has 3 saturated heterocycles. The predicted molar refractivity (Wildman–Crippen MR) is 290 cm³/mol. The lowest BCUT2D eigenvalue weighted by molar-refractivity contribution is -0.144. The molecule has 8 rings (SSSR count). The number of carbonyl (C=O) groups excluding carboxylic acids is 4. The van der Waals surface area contributed by atoms with Crippen LogP contribution >= 0.6 is 11.3 Å². The second-order valence-electron chi connectivity index (χ2n) is 21.8. The minimum absolute atomic E-state index is 0.0201. The van der Waals surface area contributed by atoms with Gasteiger partial charge in [-0.25, -0.2) is 4.98 Å². The number of carbonyl (C=O) groups is 4. The molecule has 7 N–H and O–H groups in total. The summed E-state index contributed by atoms with van der Waals surface area (Å²) < 4.78 is 5.94. The number of aliphatic hydroxyl groups is 1. The molecule has 0 saturated carbocycles. The number of β-amino-alcohol motifs (C(OH)–C–C–N with tert-alkyl or cyclic N) is 1. The summed E-state index contributed by atoms with van der Waals surface area (Å²) in [7, 11) is 0. The van der Waals surface area contributed by atoms with E-state index in [-0.39, 0.29) is 66.0 Å². The fraction of sp³-hybridized carbons (Fsp3) is 0.491. The van der Waals surface area contributed by atoms with Crippen molar-refractivity contribution in [2.45, 2.75) is 117 Å². The van der Waals surface area contributed by atoms with Gasteiger partial charge >= 0.3 is 0 Å². The highest BCUT2D eigenvalue weighted by Crippen LogP contribution is 2.41. The first-order chi connectivity index (χ1) is 35.9. The van der Waals surface area contributed by atoms with Crippen LogP contribution in [0.3, 0.4) is 0 Å². The zero-order valence-corrected chi connectivity index (χ0v) is 44.8. The maximum absolute atomic E-state index is 14.3. The Balaban J connectivity index is 0.711. The van der Waals surface area contributed by atoms with Gasteiger partial charge in [-0.15, -0.1) is 21.5 Å². The highest BCUT2D eigenvalue weighted by atomic mass is 32.1. The van der Waals surface area contributed by atoms with Gasteiger partial charge in [-0.2, -0.15) is 0 Å². The molecule has 3 aliphatic heterocycles. The van der Waals surface area contributed by atoms with Gasteiger partial charge < -0.3 is 51.3 Å². The molecular formula is C57H74N10O7S. The smallest absolute Gasteiger partial charge is 0.246 e. The Morgan fingerprint density at radius 2 is 1.51 bits per heavy atom. The number of ether oxygens (including phenoxy) is 1. The average Bonchev–Trinajstić information content (AvgIpc) is 4.02. The number of aromatic nitrogens is 3. The van der Waals surface area contributed by atoms with Gasteiger partial charge in [-0.1, -0.05) is 81.4 Å². The van der Waals surface area contributed by atoms with E-state index in [1.54, 1.807) is 35.6 Å². The molecule has 5 heterocycles. The standard InChI is InChI=1S/C57H74N10O7S/c1-37(41-14-16-42(17-15-41)51-38(2)60-36-75-51)61-54(72)46-32-43(68)35-67(46)55(73)52(56(3,4)5)62-50(71)19-26-66-29-23-57(24-30-66)21-27-65(28-22-57)25-18-49(70)59-34-40-12-10-39(11-13-40)20-31-74-48-33-45(63-64-53(48)58)44-8-6-7-9-47(44)69/h6-17,33,36-37,43,46,52,68-69H,18-32,34-35H2,1-5H3,(H2,58,64)(H,59,70)(H,61,72)(H,62,71)/t37-,43+,46-,52+/m0/s1. The number of likely N-dealkylation sites (tertiary alicyclic amines) is 3. The molecule has 1 spiro atoms. The number of thiazole rings is 1. The van der Waals surface area contributed by atoms with Gasteiger partial charge in [0.15, 0.2) is 11.6 Å². The molecular weight excluding hydrogens is 969 g/mol. The number of aromatic hydroxyl groups is 1. The molecule has 4 amide bonds. The first-order valence-electron chi connectivity index (χ1n) is 26.4. The predicted octanol–water partition coefficient (Wildman–Crippen LogP) is 6.43. The van der Waals surface area contributed by atoms with E-state index < -0.39 is 23.6 Å². The lowest BCUT2D eigenvalue weighted by Crippen LogP contribution is -2.58. The van der Waals surface area contributed by atoms with Crippen molar-refractivity contribution in [2.24, 2.45) is 10.8 Å². The quantitative estimate of drug-likeness (QED) is 0.0525. The van der Waals surface area contributed by atoms with E-state index in [1.807, 2.05) is 94.7 Å². The van der Waals surface area contributed by atoms with Gasteiger partial charge in [0.2, 0.25) is 23.6 Å². The molecule has 5 aromatic rings. The normalized spacial score (nSPS) is 18.8. The van der Waals surface area contributed by atoms with Crippen molar-refractivity contribution in [1.29, 1.82) is 0 Å². The molecule has 4 atom stereocenters. The van der Waals surface area contributed by atoms with Crippen LogP contribution in [0.1, 0.15) is 101 Å². The number of hydrogen-bond donors (Lipinski definition) is 6. The van der Waals surface area contributed by atoms with Crippen LogP contribution in [0.5, 0.6) is 11.5 Å². The number of hydrogen-bond acceptors (Lipinski definition) is 14. The molecule has 0 bridgehead atoms. The van der Waals surface area contributed by atoms with Crippen molar-refractivity contribution in [1.82, 2.24) is 45.8 Å². The van der Waals surface area contributed by atoms with E-state index in [0.29, 0.717) is 49.5 Å². The molecule has 18 heteroatoms. The number of anilines is 1. The number of amides is 4. The molecule has 3 aromatic carbocycles. The number of nitrogens with two attached hydrogens (primary N) is 1. The van der Waals surface area contributed by atoms with Gasteiger partial charge in [0.25, 0.3) is 0 Å². The Kier molecular flexibility index (Phi) is 17.9. The zero-order chi connectivity index (χ0) is 53.3. The maximum atomic E-state index is 14.3. The summed E-state index contributed by atoms with van der Waals surface area (Å²) >= 11 is 1.58. The van der Waals surface area contributed by atoms with Gasteiger partial charge in [-0.3, -0.25) is 19.2 Å². The summed E-state index contributed by atoms with van der Waals surface area (Å²) in [5.41, 5.74) is 13.5. The lowest BCUT2D eigenvalue weighted by Gasteiger charge is -2.47. The van der Waals surface area contributed by atoms with Crippen molar-refractivity contribution >= 4 is 40.8 Å². The first kappa shape index (κ1) is 54.8. The molecule has 75 heavy (non-hydrogen) atoms. The van der Waals surface area contributed by atoms with E-state index in [4.69, 9.17) is 10.5 Å². The number of rotatable bonds is 19. The van der Waals surface area contributed by atoms with Crippen molar-refractivity contribution < 1.29 is 34.1 Å². The number of nitrogen functional groups attached to an aromatic ring is 1. The summed E-state index contributed by atoms with van der Waals surface area (Å²) in [5, 5.41) is 38.2. The van der Waals surface area contributed by atoms with Crippen molar-refractivity contribution in [2.75, 3.05) is 58.2 Å². The van der Waals surface area contributed by atoms with Crippen LogP contribution in [0.25, 0.3) is 21.7 Å². The van der Waals surface area contributed by atoms with Crippen molar-refractivity contribution in [3.8, 4) is 33.2 Å². The number of piperidine rings is 2. The van der Waals surface area contributed by atoms with Crippen LogP contribution in [0.15, 0.2) is 84.4 Å². The van der Waals surface area contributed by atoms with E-state index in [0.717, 1.165) is 91.2 Å². The Hall–Kier alpha value is -6.47. The van der Waals surface area contributed by atoms with Gasteiger partial charge in [0.1, 0.15) is 23.5 Å². The molecule has 0 radical (unpaired) electrons. The topological polar surface area (TPSA) is 228 Å². The van der Waals surface area contributed by atoms with Gasteiger partial charge in [0, 0.05) is 63.5 Å². The lowest BCUT2D eigenvalue weighted by atomic mass is 9.71. The number of aliphatic hydroxyl groups excluding tert-OH is 1. The molecule has 3 fully saturated rings. The van der Waals surface area contributed by atoms with E-state index in [2.05, 4.69) is 40.9 Å². The van der Waals surface area contributed by atoms with Gasteiger partial charge in [-0.05, 0) is 111 Å². The fourth-order valence-electron chi connectivity index (χ4n) is 10.5. The summed E-state index contributed by atoms with van der Waals surface area (Å²) in [4.78, 5) is 66.1. The number of phenols is 1. The van der Waals surface area contributed by atoms with Crippen molar-refractivity contribution in [3.63, 3.8) is 0 Å². The van der Waals surface area contributed by atoms with Crippen LogP contribution in [0, 0.1) is 17.8 Å². The molecule has 17 nitrogen and oxygen atoms in total. The van der Waals surface area contributed by atoms with Crippen LogP contribution in [-0.4, -0.2) is 134 Å². The summed E-state index contributed by atoms with van der Waals surface area (Å²) in [6.07, 6.45) is 4.91. The number of nitrogens with zero attached hydrogens (tertiary/aromatic N) is 6. The zero-order valence-electron chi connectivity index (χ0n) is 44.0. The van der Waals surface area contributed by atoms with Crippen LogP contribution in [-0.2, 0) is 32.1 Å². The number of nitrogens with one attached hydrogen (secondary N) is 3. The van der Waals surface area contributed by atoms with Gasteiger partial charge in [0.05, 0.1) is 34.8 Å². The molecule has 0 unspecified atom stereocenters. The Morgan fingerprint density at radius 3 is 2.13 bits per heavy atom. The Morgan fingerprint density at radius 1 is 0.867 bits per heavy atom. The SMILES string of the molecule is Cc1ncsc1-c1ccc([C@H](C)NC(=O)[C@@H]2C[C@@H](O)CN2C(=O)[C@@H](NC(=O)CCN2CCC3(CCN(CCC(=O)NCc4ccc(CCOc5cc(-c6ccccc6O)nnc5N)cc4)CC3)CC2)C(C)(C)C)cc1. The average molecular weight is 1040 g/mol. The van der Waals surface area contributed by atoms with E-state index in [1.165, 1.54) is 4.90 Å². The number of benzene rings is 3. The summed E-state index contributed by atoms with van der Waals surface area (Å²) in [6.45, 7) is 15.5. The monoisotopic (exact) mass is 1040 g/mol. The molecule has 0 aliphatic carbocycles. The second-order valence-corrected chi connectivity index (χ2v) is 22.6. The van der Waals surface area contributed by atoms with Crippen LogP contribution < -0.4 is 26.4 Å². The number of aryl methyl sites for hydroxylation is 1. The molecule has 3 aliphatic rings. The minimum Gasteiger partial charge on any atom is -0.507 e. The largest absolute Gasteiger partial charge is 0.507 e. The molecule has 2 aromatic heterocycles. The third kappa shape index (κ3) is 14.3. The highest BCUT2D eigenvalue weighted by Gasteiger charge is 2.45. The fourth-order valence-corrected chi connectivity index (χ4v) is 11.3. The second kappa shape index (κ2) is 24.5. The Labute approximate surface area is 444 Å². The number of phenolic OH excluding ortho intramolecular Hbond substituents is 1. The molecule has 400 valence electrons. The summed E-state index contributed by atoms with van der Waals surface area (Å²) in [6, 6.07) is 22.6. The third-order valence-corrected chi connectivity index (χ3v) is 16.3. The van der Waals surface area contributed by atoms with E-state index in [9.17, 15) is 29.4 Å².